The van der Waals surface area contributed by atoms with Gasteiger partial charge in [0.05, 0.1) is 32.3 Å². The highest BCUT2D eigenvalue weighted by Crippen LogP contribution is 2.30. The van der Waals surface area contributed by atoms with Crippen LogP contribution in [0.1, 0.15) is 17.7 Å². The second-order valence-electron chi connectivity index (χ2n) is 6.05. The van der Waals surface area contributed by atoms with Gasteiger partial charge in [0.25, 0.3) is 5.91 Å². The van der Waals surface area contributed by atoms with Crippen LogP contribution in [0.2, 0.25) is 0 Å². The molecule has 6 nitrogen and oxygen atoms in total. The first kappa shape index (κ1) is 18.1. The molecule has 138 valence electrons. The molecule has 1 aliphatic heterocycles. The van der Waals surface area contributed by atoms with Crippen molar-refractivity contribution in [2.45, 2.75) is 12.8 Å². The number of carbonyl (C=O) groups excluding carboxylic acids is 1. The summed E-state index contributed by atoms with van der Waals surface area (Å²) in [6, 6.07) is 5.82. The molecular formula is C19H22FN3O3. The van der Waals surface area contributed by atoms with Gasteiger partial charge in [-0.15, -0.1) is 0 Å². The van der Waals surface area contributed by atoms with Gasteiger partial charge < -0.3 is 19.8 Å². The second-order valence-corrected chi connectivity index (χ2v) is 6.05. The minimum Gasteiger partial charge on any atom is -0.497 e. The van der Waals surface area contributed by atoms with Crippen LogP contribution in [0.15, 0.2) is 34.5 Å². The Morgan fingerprint density at radius 1 is 1.38 bits per heavy atom. The molecule has 0 saturated heterocycles. The molecule has 0 saturated carbocycles. The summed E-state index contributed by atoms with van der Waals surface area (Å²) in [6.45, 7) is 0.102. The minimum atomic E-state index is -0.466. The summed E-state index contributed by atoms with van der Waals surface area (Å²) in [5, 5.41) is 3.73. The largest absolute Gasteiger partial charge is 0.497 e. The molecule has 2 aromatic rings. The van der Waals surface area contributed by atoms with Crippen LogP contribution in [0.4, 0.5) is 4.39 Å². The van der Waals surface area contributed by atoms with E-state index in [0.29, 0.717) is 18.7 Å². The van der Waals surface area contributed by atoms with Gasteiger partial charge in [-0.25, -0.2) is 4.99 Å². The number of aliphatic imine (C=N–C) groups is 1. The summed E-state index contributed by atoms with van der Waals surface area (Å²) in [7, 11) is 3.21. The number of halogens is 1. The number of hydrogen-bond donors (Lipinski definition) is 2. The van der Waals surface area contributed by atoms with Crippen LogP contribution in [-0.2, 0) is 16.0 Å². The monoisotopic (exact) mass is 359 g/mol. The third kappa shape index (κ3) is 3.62. The number of nitrogens with zero attached hydrogens (tertiary/aromatic N) is 1. The number of rotatable bonds is 7. The van der Waals surface area contributed by atoms with Crippen molar-refractivity contribution in [2.75, 3.05) is 34.0 Å². The van der Waals surface area contributed by atoms with Gasteiger partial charge >= 0.3 is 0 Å². The molecule has 26 heavy (non-hydrogen) atoms. The quantitative estimate of drug-likeness (QED) is 0.746. The molecule has 2 N–H and O–H groups in total. The number of aromatic nitrogens is 1. The molecular weight excluding hydrogens is 337 g/mol. The van der Waals surface area contributed by atoms with E-state index in [0.717, 1.165) is 33.5 Å². The summed E-state index contributed by atoms with van der Waals surface area (Å²) >= 11 is 0. The predicted octanol–water partition coefficient (Wildman–Crippen LogP) is 2.53. The maximum atomic E-state index is 12.5. The molecule has 0 bridgehead atoms. The highest BCUT2D eigenvalue weighted by Gasteiger charge is 2.21. The van der Waals surface area contributed by atoms with Gasteiger partial charge in [0, 0.05) is 31.0 Å². The van der Waals surface area contributed by atoms with Crippen LogP contribution in [0, 0.1) is 0 Å². The van der Waals surface area contributed by atoms with Crippen LogP contribution in [-0.4, -0.2) is 51.2 Å². The Hall–Kier alpha value is -2.67. The fraction of sp³-hybridized carbons (Fsp3) is 0.368. The molecule has 3 rings (SSSR count). The smallest absolute Gasteiger partial charge is 0.269 e. The van der Waals surface area contributed by atoms with E-state index in [1.54, 1.807) is 20.4 Å². The number of nitrogens with one attached hydrogen (secondary N) is 2. The number of alkyl halides is 1. The molecule has 7 heteroatoms. The van der Waals surface area contributed by atoms with E-state index in [1.165, 1.54) is 0 Å². The van der Waals surface area contributed by atoms with E-state index in [9.17, 15) is 9.18 Å². The highest BCUT2D eigenvalue weighted by atomic mass is 19.1. The van der Waals surface area contributed by atoms with Gasteiger partial charge in [0.15, 0.2) is 0 Å². The molecule has 0 radical (unpaired) electrons. The normalized spacial score (nSPS) is 13.7. The van der Waals surface area contributed by atoms with E-state index in [-0.39, 0.29) is 18.9 Å². The topological polar surface area (TPSA) is 75.7 Å². The van der Waals surface area contributed by atoms with Crippen molar-refractivity contribution in [3.8, 4) is 5.75 Å². The Morgan fingerprint density at radius 3 is 2.96 bits per heavy atom. The molecule has 0 spiro atoms. The van der Waals surface area contributed by atoms with Crippen LogP contribution in [0.5, 0.6) is 5.75 Å². The zero-order chi connectivity index (χ0) is 18.5. The molecule has 0 atom stereocenters. The number of ether oxygens (including phenoxy) is 2. The van der Waals surface area contributed by atoms with E-state index in [4.69, 9.17) is 9.47 Å². The summed E-state index contributed by atoms with van der Waals surface area (Å²) in [6.07, 6.45) is 2.47. The van der Waals surface area contributed by atoms with Crippen LogP contribution in [0.25, 0.3) is 10.9 Å². The first-order valence-electron chi connectivity index (χ1n) is 8.45. The molecule has 0 fully saturated rings. The van der Waals surface area contributed by atoms with Crippen molar-refractivity contribution in [3.63, 3.8) is 0 Å². The summed E-state index contributed by atoms with van der Waals surface area (Å²) in [5.74, 6) is 0.454. The molecule has 0 unspecified atom stereocenters. The number of fused-ring (bicyclic) bond motifs is 3. The Kier molecular flexibility index (Phi) is 5.68. The zero-order valence-corrected chi connectivity index (χ0v) is 14.9. The number of amides is 1. The first-order valence-corrected chi connectivity index (χ1v) is 8.45. The zero-order valence-electron chi connectivity index (χ0n) is 14.9. The minimum absolute atomic E-state index is 0.278. The first-order chi connectivity index (χ1) is 12.7. The molecule has 1 aliphatic rings. The van der Waals surface area contributed by atoms with Crippen molar-refractivity contribution in [2.24, 2.45) is 4.99 Å². The molecule has 0 aliphatic carbocycles. The summed E-state index contributed by atoms with van der Waals surface area (Å²) < 4.78 is 22.9. The average Bonchev–Trinajstić information content (AvgIpc) is 2.88. The maximum Gasteiger partial charge on any atom is 0.269 e. The summed E-state index contributed by atoms with van der Waals surface area (Å²) in [4.78, 5) is 20.2. The number of H-pyrrole nitrogens is 1. The Morgan fingerprint density at radius 2 is 2.23 bits per heavy atom. The predicted molar refractivity (Wildman–Crippen MR) is 98.7 cm³/mol. The SMILES string of the molecule is COCC1=C(C(=O)NCCCF)N=Cc2[nH]c3ccc(OC)cc3c2C1. The van der Waals surface area contributed by atoms with Gasteiger partial charge in [0.2, 0.25) is 0 Å². The van der Waals surface area contributed by atoms with Crippen LogP contribution in [0.3, 0.4) is 0 Å². The average molecular weight is 359 g/mol. The lowest BCUT2D eigenvalue weighted by atomic mass is 10.0. The summed E-state index contributed by atoms with van der Waals surface area (Å²) in [5.41, 5.74) is 3.99. The lowest BCUT2D eigenvalue weighted by Gasteiger charge is -2.10. The van der Waals surface area contributed by atoms with Gasteiger partial charge in [-0.1, -0.05) is 0 Å². The fourth-order valence-electron chi connectivity index (χ4n) is 3.06. The van der Waals surface area contributed by atoms with Gasteiger partial charge in [-0.3, -0.25) is 9.18 Å². The van der Waals surface area contributed by atoms with E-state index < -0.39 is 6.67 Å². The lowest BCUT2D eigenvalue weighted by molar-refractivity contribution is -0.117. The Labute approximate surface area is 151 Å². The molecule has 1 aromatic carbocycles. The Bertz CT molecular complexity index is 870. The number of carbonyl (C=O) groups is 1. The molecule has 1 aromatic heterocycles. The van der Waals surface area contributed by atoms with Gasteiger partial charge in [-0.2, -0.15) is 0 Å². The van der Waals surface area contributed by atoms with E-state index >= 15 is 0 Å². The number of aromatic amines is 1. The lowest BCUT2D eigenvalue weighted by Crippen LogP contribution is -2.27. The number of methoxy groups -OCH3 is 2. The third-order valence-electron chi connectivity index (χ3n) is 4.32. The number of hydrogen-bond acceptors (Lipinski definition) is 4. The Balaban J connectivity index is 1.98. The van der Waals surface area contributed by atoms with Crippen molar-refractivity contribution in [1.82, 2.24) is 10.3 Å². The third-order valence-corrected chi connectivity index (χ3v) is 4.32. The fourth-order valence-corrected chi connectivity index (χ4v) is 3.06. The second kappa shape index (κ2) is 8.14. The van der Waals surface area contributed by atoms with Crippen molar-refractivity contribution in [1.29, 1.82) is 0 Å². The van der Waals surface area contributed by atoms with Crippen molar-refractivity contribution >= 4 is 23.0 Å². The van der Waals surface area contributed by atoms with Crippen molar-refractivity contribution in [3.05, 3.63) is 40.7 Å². The van der Waals surface area contributed by atoms with Crippen LogP contribution < -0.4 is 10.1 Å². The maximum absolute atomic E-state index is 12.5. The standard InChI is InChI=1S/C19H22FN3O3/c1-25-11-12-8-14-15-9-13(26-2)4-5-16(15)23-17(14)10-22-18(12)19(24)21-7-3-6-20/h4-5,9-10,23H,3,6-8,11H2,1-2H3,(H,21,24). The molecule has 1 amide bonds. The van der Waals surface area contributed by atoms with E-state index in [2.05, 4.69) is 15.3 Å². The van der Waals surface area contributed by atoms with Gasteiger partial charge in [-0.05, 0) is 35.8 Å². The number of benzene rings is 1. The van der Waals surface area contributed by atoms with Crippen LogP contribution >= 0.6 is 0 Å². The molecule has 2 heterocycles. The highest BCUT2D eigenvalue weighted by molar-refractivity contribution is 6.00. The van der Waals surface area contributed by atoms with Crippen molar-refractivity contribution < 1.29 is 18.7 Å². The van der Waals surface area contributed by atoms with Gasteiger partial charge in [0.1, 0.15) is 11.4 Å². The van der Waals surface area contributed by atoms with E-state index in [1.807, 2.05) is 18.2 Å².